The number of halogens is 1. The summed E-state index contributed by atoms with van der Waals surface area (Å²) in [6, 6.07) is 33.4. The molecule has 0 amide bonds. The first kappa shape index (κ1) is 21.1. The summed E-state index contributed by atoms with van der Waals surface area (Å²) in [6.07, 6.45) is 3.96. The number of nitrogens with one attached hydrogen (secondary N) is 1. The van der Waals surface area contributed by atoms with Crippen molar-refractivity contribution >= 4 is 49.7 Å². The molecule has 6 heteroatoms. The summed E-state index contributed by atoms with van der Waals surface area (Å²) in [7, 11) is 0. The fraction of sp³-hybridized carbons (Fsp3) is 0.0714. The third-order valence-electron chi connectivity index (χ3n) is 6.30. The van der Waals surface area contributed by atoms with E-state index in [1.807, 2.05) is 30.5 Å². The van der Waals surface area contributed by atoms with Crippen LogP contribution < -0.4 is 10.2 Å². The second-order valence-electron chi connectivity index (χ2n) is 8.31. The number of hydrogen-bond donors (Lipinski definition) is 1. The molecule has 1 N–H and O–H groups in total. The van der Waals surface area contributed by atoms with Gasteiger partial charge in [0.2, 0.25) is 0 Å². The van der Waals surface area contributed by atoms with Gasteiger partial charge in [-0.3, -0.25) is 4.98 Å². The third-order valence-corrected chi connectivity index (χ3v) is 7.14. The van der Waals surface area contributed by atoms with Crippen LogP contribution in [0.25, 0.3) is 16.5 Å². The van der Waals surface area contributed by atoms with E-state index in [-0.39, 0.29) is 12.1 Å². The van der Waals surface area contributed by atoms with Gasteiger partial charge in [-0.05, 0) is 83.7 Å². The number of rotatable bonds is 4. The molecule has 0 bridgehead atoms. The maximum atomic E-state index is 5.87. The molecule has 2 atom stereocenters. The minimum Gasteiger partial charge on any atom is -0.351 e. The summed E-state index contributed by atoms with van der Waals surface area (Å²) in [6.45, 7) is 0. The summed E-state index contributed by atoms with van der Waals surface area (Å²) >= 11 is 9.43. The van der Waals surface area contributed by atoms with E-state index in [9.17, 15) is 0 Å². The van der Waals surface area contributed by atoms with Gasteiger partial charge in [0.15, 0.2) is 5.11 Å². The van der Waals surface area contributed by atoms with Crippen molar-refractivity contribution in [3.05, 3.63) is 125 Å². The Morgan fingerprint density at radius 1 is 0.794 bits per heavy atom. The Morgan fingerprint density at radius 2 is 1.56 bits per heavy atom. The van der Waals surface area contributed by atoms with Crippen LogP contribution in [0.1, 0.15) is 23.5 Å². The maximum Gasteiger partial charge on any atom is 0.174 e. The molecule has 1 saturated heterocycles. The van der Waals surface area contributed by atoms with E-state index < -0.39 is 0 Å². The van der Waals surface area contributed by atoms with E-state index in [1.54, 1.807) is 0 Å². The monoisotopic (exact) mass is 524 g/mol. The quantitative estimate of drug-likeness (QED) is 0.257. The highest BCUT2D eigenvalue weighted by molar-refractivity contribution is 9.10. The van der Waals surface area contributed by atoms with Gasteiger partial charge in [0, 0.05) is 33.9 Å². The lowest BCUT2D eigenvalue weighted by molar-refractivity contribution is 0.549. The average Bonchev–Trinajstić information content (AvgIpc) is 3.49. The van der Waals surface area contributed by atoms with Crippen molar-refractivity contribution in [2.24, 2.45) is 0 Å². The Balaban J connectivity index is 1.51. The molecular formula is C28H21BrN4S. The molecule has 4 nitrogen and oxygen atoms in total. The van der Waals surface area contributed by atoms with Crippen LogP contribution in [-0.2, 0) is 0 Å². The van der Waals surface area contributed by atoms with E-state index >= 15 is 0 Å². The summed E-state index contributed by atoms with van der Waals surface area (Å²) < 4.78 is 3.29. The van der Waals surface area contributed by atoms with Crippen LogP contribution in [0, 0.1) is 0 Å². The molecule has 0 aliphatic carbocycles. The Hall–Kier alpha value is -3.48. The van der Waals surface area contributed by atoms with Gasteiger partial charge in [0.25, 0.3) is 0 Å². The van der Waals surface area contributed by atoms with E-state index in [2.05, 4.69) is 115 Å². The Morgan fingerprint density at radius 3 is 2.35 bits per heavy atom. The number of nitrogens with zero attached hydrogens (tertiary/aromatic N) is 3. The predicted molar refractivity (Wildman–Crippen MR) is 145 cm³/mol. The third kappa shape index (κ3) is 3.69. The lowest BCUT2D eigenvalue weighted by Crippen LogP contribution is -2.30. The molecule has 0 radical (unpaired) electrons. The normalized spacial score (nSPS) is 17.8. The first-order chi connectivity index (χ1) is 16.7. The van der Waals surface area contributed by atoms with Crippen LogP contribution in [-0.4, -0.2) is 14.7 Å². The molecule has 2 aromatic heterocycles. The Labute approximate surface area is 212 Å². The van der Waals surface area contributed by atoms with Crippen molar-refractivity contribution in [3.8, 4) is 5.69 Å². The van der Waals surface area contributed by atoms with Crippen LogP contribution in [0.15, 0.2) is 114 Å². The van der Waals surface area contributed by atoms with Gasteiger partial charge in [0.1, 0.15) is 6.04 Å². The van der Waals surface area contributed by atoms with Crippen LogP contribution in [0.2, 0.25) is 0 Å². The second-order valence-corrected chi connectivity index (χ2v) is 9.61. The molecule has 1 aliphatic rings. The van der Waals surface area contributed by atoms with Gasteiger partial charge in [-0.25, -0.2) is 0 Å². The zero-order chi connectivity index (χ0) is 23.1. The maximum absolute atomic E-state index is 5.87. The average molecular weight is 525 g/mol. The molecule has 166 valence electrons. The molecule has 1 fully saturated rings. The van der Waals surface area contributed by atoms with Gasteiger partial charge in [-0.1, -0.05) is 52.3 Å². The van der Waals surface area contributed by atoms with Gasteiger partial charge in [0.05, 0.1) is 11.7 Å². The highest BCUT2D eigenvalue weighted by Gasteiger charge is 2.42. The van der Waals surface area contributed by atoms with E-state index in [0.29, 0.717) is 5.11 Å². The summed E-state index contributed by atoms with van der Waals surface area (Å²) in [5, 5.41) is 6.68. The lowest BCUT2D eigenvalue weighted by Gasteiger charge is -2.29. The SMILES string of the molecule is S=C1N[C@H](c2ccccn2)[C@@H](c2cccn2-c2ccc3ccccc3c2)N1c1ccc(Br)cc1. The van der Waals surface area contributed by atoms with Crippen molar-refractivity contribution < 1.29 is 0 Å². The fourth-order valence-electron chi connectivity index (χ4n) is 4.73. The highest BCUT2D eigenvalue weighted by Crippen LogP contribution is 2.42. The van der Waals surface area contributed by atoms with E-state index in [1.165, 1.54) is 10.8 Å². The minimum absolute atomic E-state index is 0.0787. The van der Waals surface area contributed by atoms with Crippen molar-refractivity contribution in [2.75, 3.05) is 4.90 Å². The molecule has 0 unspecified atom stereocenters. The summed E-state index contributed by atoms with van der Waals surface area (Å²) in [5.74, 6) is 0. The number of hydrogen-bond acceptors (Lipinski definition) is 2. The second kappa shape index (κ2) is 8.70. The van der Waals surface area contributed by atoms with Gasteiger partial charge < -0.3 is 14.8 Å². The fourth-order valence-corrected chi connectivity index (χ4v) is 5.34. The van der Waals surface area contributed by atoms with Crippen molar-refractivity contribution in [1.82, 2.24) is 14.9 Å². The molecule has 0 spiro atoms. The Bertz CT molecular complexity index is 1480. The highest BCUT2D eigenvalue weighted by atomic mass is 79.9. The molecule has 34 heavy (non-hydrogen) atoms. The number of benzene rings is 3. The standard InChI is InChI=1S/C28H21BrN4S/c29-21-11-14-22(15-12-21)33-27(26(31-28(33)34)24-8-3-4-16-30-24)25-9-5-17-32(25)23-13-10-19-6-1-2-7-20(19)18-23/h1-18,26-27H,(H,31,34)/t26-,27-/m1/s1. The number of aromatic nitrogens is 2. The van der Waals surface area contributed by atoms with E-state index in [0.717, 1.165) is 27.2 Å². The molecule has 3 aromatic carbocycles. The zero-order valence-electron chi connectivity index (χ0n) is 18.2. The van der Waals surface area contributed by atoms with Crippen molar-refractivity contribution in [2.45, 2.75) is 12.1 Å². The zero-order valence-corrected chi connectivity index (χ0v) is 20.6. The predicted octanol–water partition coefficient (Wildman–Crippen LogP) is 6.97. The molecular weight excluding hydrogens is 504 g/mol. The van der Waals surface area contributed by atoms with Crippen LogP contribution in [0.5, 0.6) is 0 Å². The van der Waals surface area contributed by atoms with Crippen molar-refractivity contribution in [1.29, 1.82) is 0 Å². The molecule has 0 saturated carbocycles. The number of fused-ring (bicyclic) bond motifs is 1. The lowest BCUT2D eigenvalue weighted by atomic mass is 10.0. The minimum atomic E-state index is -0.0912. The van der Waals surface area contributed by atoms with Crippen molar-refractivity contribution in [3.63, 3.8) is 0 Å². The largest absolute Gasteiger partial charge is 0.351 e. The first-order valence-electron chi connectivity index (χ1n) is 11.1. The van der Waals surface area contributed by atoms with E-state index in [4.69, 9.17) is 12.2 Å². The summed E-state index contributed by atoms with van der Waals surface area (Å²) in [4.78, 5) is 6.88. The Kier molecular flexibility index (Phi) is 5.40. The van der Waals surface area contributed by atoms with Gasteiger partial charge >= 0.3 is 0 Å². The summed E-state index contributed by atoms with van der Waals surface area (Å²) in [5.41, 5.74) is 4.25. The van der Waals surface area contributed by atoms with Crippen LogP contribution >= 0.6 is 28.1 Å². The number of thiocarbonyl (C=S) groups is 1. The molecule has 5 aromatic rings. The molecule has 1 aliphatic heterocycles. The topological polar surface area (TPSA) is 33.1 Å². The van der Waals surface area contributed by atoms with Crippen LogP contribution in [0.4, 0.5) is 5.69 Å². The van der Waals surface area contributed by atoms with Crippen LogP contribution in [0.3, 0.4) is 0 Å². The van der Waals surface area contributed by atoms with Gasteiger partial charge in [-0.2, -0.15) is 0 Å². The first-order valence-corrected chi connectivity index (χ1v) is 12.3. The number of pyridine rings is 1. The molecule has 3 heterocycles. The number of anilines is 1. The van der Waals surface area contributed by atoms with Gasteiger partial charge in [-0.15, -0.1) is 0 Å². The smallest absolute Gasteiger partial charge is 0.174 e. The molecule has 6 rings (SSSR count).